The van der Waals surface area contributed by atoms with Crippen LogP contribution in [0.3, 0.4) is 0 Å². The number of aromatic nitrogens is 1. The number of oxazole rings is 1. The number of benzene rings is 3. The van der Waals surface area contributed by atoms with Gasteiger partial charge in [0.25, 0.3) is 6.01 Å². The number of nitrogens with one attached hydrogen (secondary N) is 1. The Bertz CT molecular complexity index is 1580. The maximum atomic E-state index is 12.7. The average molecular weight is 581 g/mol. The van der Waals surface area contributed by atoms with E-state index in [0.717, 1.165) is 37.1 Å². The summed E-state index contributed by atoms with van der Waals surface area (Å²) in [5, 5.41) is 3.42. The highest BCUT2D eigenvalue weighted by Gasteiger charge is 2.28. The fraction of sp³-hybridized carbons (Fsp3) is 0.367. The summed E-state index contributed by atoms with van der Waals surface area (Å²) in [6, 6.07) is 19.1. The molecule has 0 unspecified atom stereocenters. The SMILES string of the molecule is COc1cc(CN(c2nc3cc(S(=O)(=O)N(C)C)ccc3o2)C2CCNCC2)c(OCc2ccccc2)cc1OC. The molecular formula is C30H36N4O6S. The van der Waals surface area contributed by atoms with Gasteiger partial charge in [0.15, 0.2) is 17.1 Å². The first-order chi connectivity index (χ1) is 19.8. The molecule has 11 heteroatoms. The summed E-state index contributed by atoms with van der Waals surface area (Å²) < 4.78 is 50.4. The molecule has 2 heterocycles. The maximum absolute atomic E-state index is 12.7. The van der Waals surface area contributed by atoms with E-state index >= 15 is 0 Å². The number of fused-ring (bicyclic) bond motifs is 1. The molecule has 1 fully saturated rings. The van der Waals surface area contributed by atoms with Crippen molar-refractivity contribution >= 4 is 27.1 Å². The molecule has 0 spiro atoms. The number of rotatable bonds is 11. The molecule has 0 aliphatic carbocycles. The van der Waals surface area contributed by atoms with Crippen molar-refractivity contribution in [1.82, 2.24) is 14.6 Å². The van der Waals surface area contributed by atoms with Crippen molar-refractivity contribution in [2.45, 2.75) is 36.9 Å². The fourth-order valence-corrected chi connectivity index (χ4v) is 5.86. The monoisotopic (exact) mass is 580 g/mol. The second kappa shape index (κ2) is 12.4. The summed E-state index contributed by atoms with van der Waals surface area (Å²) in [6.45, 7) is 2.57. The maximum Gasteiger partial charge on any atom is 0.298 e. The molecule has 0 saturated carbocycles. The summed E-state index contributed by atoms with van der Waals surface area (Å²) >= 11 is 0. The van der Waals surface area contributed by atoms with Crippen molar-refractivity contribution in [3.05, 3.63) is 71.8 Å². The molecule has 0 atom stereocenters. The first-order valence-electron chi connectivity index (χ1n) is 13.5. The molecule has 1 aromatic heterocycles. The van der Waals surface area contributed by atoms with Gasteiger partial charge in [-0.3, -0.25) is 0 Å². The van der Waals surface area contributed by atoms with Crippen LogP contribution >= 0.6 is 0 Å². The lowest BCUT2D eigenvalue weighted by molar-refractivity contribution is 0.295. The Morgan fingerprint density at radius 2 is 1.66 bits per heavy atom. The lowest BCUT2D eigenvalue weighted by Gasteiger charge is -2.34. The number of hydrogen-bond acceptors (Lipinski definition) is 9. The minimum absolute atomic E-state index is 0.143. The smallest absolute Gasteiger partial charge is 0.298 e. The fourth-order valence-electron chi connectivity index (χ4n) is 4.94. The van der Waals surface area contributed by atoms with Crippen LogP contribution in [0.1, 0.15) is 24.0 Å². The van der Waals surface area contributed by atoms with Gasteiger partial charge < -0.3 is 28.8 Å². The first-order valence-corrected chi connectivity index (χ1v) is 15.0. The zero-order valence-electron chi connectivity index (χ0n) is 23.8. The minimum Gasteiger partial charge on any atom is -0.493 e. The molecule has 5 rings (SSSR count). The third kappa shape index (κ3) is 6.27. The summed E-state index contributed by atoms with van der Waals surface area (Å²) in [6.07, 6.45) is 1.79. The van der Waals surface area contributed by atoms with Crippen molar-refractivity contribution in [3.63, 3.8) is 0 Å². The highest BCUT2D eigenvalue weighted by Crippen LogP contribution is 2.38. The predicted octanol–water partition coefficient (Wildman–Crippen LogP) is 4.43. The van der Waals surface area contributed by atoms with Crippen LogP contribution in [0, 0.1) is 0 Å². The van der Waals surface area contributed by atoms with E-state index in [2.05, 4.69) is 10.2 Å². The number of ether oxygens (including phenoxy) is 3. The van der Waals surface area contributed by atoms with Gasteiger partial charge in [-0.05, 0) is 55.8 Å². The molecule has 3 aromatic carbocycles. The van der Waals surface area contributed by atoms with Gasteiger partial charge in [-0.25, -0.2) is 12.7 Å². The Balaban J connectivity index is 1.54. The largest absolute Gasteiger partial charge is 0.493 e. The van der Waals surface area contributed by atoms with Crippen LogP contribution < -0.4 is 24.4 Å². The third-order valence-corrected chi connectivity index (χ3v) is 9.08. The Morgan fingerprint density at radius 3 is 2.34 bits per heavy atom. The number of nitrogens with zero attached hydrogens (tertiary/aromatic N) is 3. The van der Waals surface area contributed by atoms with Gasteiger partial charge in [0.05, 0.1) is 25.7 Å². The molecule has 218 valence electrons. The second-order valence-electron chi connectivity index (χ2n) is 10.1. The zero-order chi connectivity index (χ0) is 29.0. The van der Waals surface area contributed by atoms with Crippen molar-refractivity contribution in [3.8, 4) is 17.2 Å². The van der Waals surface area contributed by atoms with Crippen molar-refractivity contribution in [2.75, 3.05) is 46.3 Å². The molecule has 4 aromatic rings. The number of hydrogen-bond donors (Lipinski definition) is 1. The van der Waals surface area contributed by atoms with Crippen molar-refractivity contribution in [2.24, 2.45) is 0 Å². The van der Waals surface area contributed by atoms with Gasteiger partial charge in [0.2, 0.25) is 10.0 Å². The second-order valence-corrected chi connectivity index (χ2v) is 12.3. The van der Waals surface area contributed by atoms with E-state index in [-0.39, 0.29) is 10.9 Å². The van der Waals surface area contributed by atoms with E-state index in [1.807, 2.05) is 42.5 Å². The number of anilines is 1. The first kappa shape index (κ1) is 28.7. The van der Waals surface area contributed by atoms with E-state index in [0.29, 0.717) is 47.5 Å². The van der Waals surface area contributed by atoms with Gasteiger partial charge in [0.1, 0.15) is 17.9 Å². The van der Waals surface area contributed by atoms with Crippen LogP contribution in [0.15, 0.2) is 70.0 Å². The van der Waals surface area contributed by atoms with Gasteiger partial charge in [-0.1, -0.05) is 30.3 Å². The third-order valence-electron chi connectivity index (χ3n) is 7.27. The molecule has 1 N–H and O–H groups in total. The standard InChI is InChI=1S/C30H36N4O6S/c1-33(2)41(35,36)24-10-11-26-25(17-24)32-30(40-26)34(23-12-14-31-15-13-23)19-22-16-28(37-3)29(38-4)18-27(22)39-20-21-8-6-5-7-9-21/h5-11,16-18,23,31H,12-15,19-20H2,1-4H3. The highest BCUT2D eigenvalue weighted by molar-refractivity contribution is 7.89. The lowest BCUT2D eigenvalue weighted by atomic mass is 10.0. The predicted molar refractivity (Wildman–Crippen MR) is 157 cm³/mol. The molecular weight excluding hydrogens is 544 g/mol. The van der Waals surface area contributed by atoms with Crippen molar-refractivity contribution < 1.29 is 27.0 Å². The van der Waals surface area contributed by atoms with Gasteiger partial charge in [0, 0.05) is 31.8 Å². The molecule has 1 saturated heterocycles. The van der Waals surface area contributed by atoms with E-state index in [1.165, 1.54) is 18.4 Å². The lowest BCUT2D eigenvalue weighted by Crippen LogP contribution is -2.43. The van der Waals surface area contributed by atoms with Gasteiger partial charge in [-0.2, -0.15) is 4.98 Å². The quantitative estimate of drug-likeness (QED) is 0.276. The number of methoxy groups -OCH3 is 2. The summed E-state index contributed by atoms with van der Waals surface area (Å²) in [7, 11) is 2.61. The van der Waals surface area contributed by atoms with Crippen LogP contribution in [0.5, 0.6) is 17.2 Å². The highest BCUT2D eigenvalue weighted by atomic mass is 32.2. The van der Waals surface area contributed by atoms with E-state index < -0.39 is 10.0 Å². The molecule has 1 aliphatic heterocycles. The molecule has 0 amide bonds. The van der Waals surface area contributed by atoms with Crippen LogP contribution in [0.4, 0.5) is 6.01 Å². The Labute approximate surface area is 240 Å². The molecule has 0 radical (unpaired) electrons. The summed E-state index contributed by atoms with van der Waals surface area (Å²) in [5.74, 6) is 1.83. The van der Waals surface area contributed by atoms with E-state index in [9.17, 15) is 8.42 Å². The van der Waals surface area contributed by atoms with Crippen LogP contribution in [-0.4, -0.2) is 65.2 Å². The van der Waals surface area contributed by atoms with E-state index in [4.69, 9.17) is 23.6 Å². The Morgan fingerprint density at radius 1 is 0.951 bits per heavy atom. The van der Waals surface area contributed by atoms with Crippen LogP contribution in [0.25, 0.3) is 11.1 Å². The molecule has 41 heavy (non-hydrogen) atoms. The Kier molecular flexibility index (Phi) is 8.67. The van der Waals surface area contributed by atoms with Gasteiger partial charge in [-0.15, -0.1) is 0 Å². The minimum atomic E-state index is -3.61. The molecule has 1 aliphatic rings. The molecule has 0 bridgehead atoms. The van der Waals surface area contributed by atoms with Gasteiger partial charge >= 0.3 is 0 Å². The summed E-state index contributed by atoms with van der Waals surface area (Å²) in [4.78, 5) is 7.08. The summed E-state index contributed by atoms with van der Waals surface area (Å²) in [5.41, 5.74) is 2.93. The molecule has 10 nitrogen and oxygen atoms in total. The number of piperidine rings is 1. The Hall–Kier alpha value is -3.80. The van der Waals surface area contributed by atoms with Crippen LogP contribution in [-0.2, 0) is 23.2 Å². The average Bonchev–Trinajstić information content (AvgIpc) is 3.42. The number of sulfonamides is 1. The topological polar surface area (TPSA) is 106 Å². The van der Waals surface area contributed by atoms with E-state index in [1.54, 1.807) is 32.4 Å². The zero-order valence-corrected chi connectivity index (χ0v) is 24.6. The van der Waals surface area contributed by atoms with Crippen LogP contribution in [0.2, 0.25) is 0 Å². The normalized spacial score (nSPS) is 14.4. The van der Waals surface area contributed by atoms with Crippen molar-refractivity contribution in [1.29, 1.82) is 0 Å².